The number of likely N-dealkylation sites (tertiary alicyclic amines) is 1. The zero-order valence-electron chi connectivity index (χ0n) is 15.8. The van der Waals surface area contributed by atoms with Gasteiger partial charge in [0.05, 0.1) is 24.1 Å². The van der Waals surface area contributed by atoms with Crippen LogP contribution in [0.25, 0.3) is 0 Å². The van der Waals surface area contributed by atoms with E-state index in [0.717, 1.165) is 17.7 Å². The molecule has 1 aromatic carbocycles. The Labute approximate surface area is 163 Å². The number of para-hydroxylation sites is 2. The molecule has 1 saturated carbocycles. The number of esters is 1. The Bertz CT molecular complexity index is 754. The molecular formula is C20H24N2O6. The van der Waals surface area contributed by atoms with Gasteiger partial charge >= 0.3 is 5.97 Å². The largest absolute Gasteiger partial charge is 0.492 e. The average Bonchev–Trinajstić information content (AvgIpc) is 2.93. The molecule has 3 rings (SSSR count). The Morgan fingerprint density at radius 2 is 1.75 bits per heavy atom. The summed E-state index contributed by atoms with van der Waals surface area (Å²) in [7, 11) is 0. The van der Waals surface area contributed by atoms with Crippen molar-refractivity contribution in [2.45, 2.75) is 32.6 Å². The van der Waals surface area contributed by atoms with Crippen LogP contribution >= 0.6 is 0 Å². The second kappa shape index (κ2) is 8.86. The van der Waals surface area contributed by atoms with Crippen LogP contribution in [0.4, 0.5) is 5.69 Å². The number of rotatable bonds is 7. The molecule has 0 aromatic heterocycles. The maximum absolute atomic E-state index is 12.4. The van der Waals surface area contributed by atoms with Gasteiger partial charge in [0.25, 0.3) is 5.91 Å². The SMILES string of the molecule is CCOc1ccccc1NC(=O)COC(=O)CN1C(=O)[C@@H]2CCCC[C@H]2C1=O. The highest BCUT2D eigenvalue weighted by molar-refractivity contribution is 6.07. The first-order valence-electron chi connectivity index (χ1n) is 9.53. The quantitative estimate of drug-likeness (QED) is 0.564. The van der Waals surface area contributed by atoms with Crippen LogP contribution in [0.3, 0.4) is 0 Å². The van der Waals surface area contributed by atoms with Gasteiger partial charge in [0.1, 0.15) is 12.3 Å². The predicted octanol–water partition coefficient (Wildman–Crippen LogP) is 1.74. The fraction of sp³-hybridized carbons (Fsp3) is 0.500. The van der Waals surface area contributed by atoms with Crippen molar-refractivity contribution >= 4 is 29.4 Å². The molecule has 2 atom stereocenters. The molecule has 1 heterocycles. The number of hydrogen-bond donors (Lipinski definition) is 1. The monoisotopic (exact) mass is 388 g/mol. The summed E-state index contributed by atoms with van der Waals surface area (Å²) in [4.78, 5) is 49.8. The second-order valence-electron chi connectivity index (χ2n) is 6.90. The van der Waals surface area contributed by atoms with E-state index < -0.39 is 25.0 Å². The smallest absolute Gasteiger partial charge is 0.326 e. The Hall–Kier alpha value is -2.90. The van der Waals surface area contributed by atoms with E-state index in [1.54, 1.807) is 24.3 Å². The molecule has 1 saturated heterocycles. The molecule has 1 aliphatic heterocycles. The third kappa shape index (κ3) is 4.32. The summed E-state index contributed by atoms with van der Waals surface area (Å²) < 4.78 is 10.4. The zero-order valence-corrected chi connectivity index (χ0v) is 15.8. The molecule has 8 nitrogen and oxygen atoms in total. The lowest BCUT2D eigenvalue weighted by molar-refractivity contribution is -0.154. The minimum Gasteiger partial charge on any atom is -0.492 e. The molecule has 3 amide bonds. The van der Waals surface area contributed by atoms with E-state index in [2.05, 4.69) is 5.32 Å². The summed E-state index contributed by atoms with van der Waals surface area (Å²) in [6, 6.07) is 6.92. The molecule has 1 N–H and O–H groups in total. The number of benzene rings is 1. The van der Waals surface area contributed by atoms with E-state index in [1.165, 1.54) is 0 Å². The van der Waals surface area contributed by atoms with Gasteiger partial charge in [-0.05, 0) is 31.9 Å². The predicted molar refractivity (Wildman–Crippen MR) is 99.4 cm³/mol. The Morgan fingerprint density at radius 1 is 1.11 bits per heavy atom. The summed E-state index contributed by atoms with van der Waals surface area (Å²) in [5.74, 6) is -2.04. The lowest BCUT2D eigenvalue weighted by Crippen LogP contribution is -2.37. The van der Waals surface area contributed by atoms with Crippen molar-refractivity contribution in [2.75, 3.05) is 25.1 Å². The number of amides is 3. The highest BCUT2D eigenvalue weighted by Crippen LogP contribution is 2.37. The normalized spacial score (nSPS) is 21.2. The number of ether oxygens (including phenoxy) is 2. The van der Waals surface area contributed by atoms with Crippen LogP contribution in [-0.2, 0) is 23.9 Å². The topological polar surface area (TPSA) is 102 Å². The molecule has 28 heavy (non-hydrogen) atoms. The zero-order chi connectivity index (χ0) is 20.1. The molecule has 1 aromatic rings. The molecule has 0 bridgehead atoms. The van der Waals surface area contributed by atoms with Crippen LogP contribution in [-0.4, -0.2) is 48.3 Å². The maximum atomic E-state index is 12.4. The van der Waals surface area contributed by atoms with Crippen LogP contribution in [0.1, 0.15) is 32.6 Å². The number of nitrogens with zero attached hydrogens (tertiary/aromatic N) is 1. The van der Waals surface area contributed by atoms with Gasteiger partial charge in [-0.2, -0.15) is 0 Å². The molecule has 2 fully saturated rings. The number of carbonyl (C=O) groups excluding carboxylic acids is 4. The van der Waals surface area contributed by atoms with Crippen LogP contribution in [0.15, 0.2) is 24.3 Å². The molecule has 2 aliphatic rings. The minimum absolute atomic E-state index is 0.304. The first-order valence-corrected chi connectivity index (χ1v) is 9.53. The van der Waals surface area contributed by atoms with Gasteiger partial charge in [-0.15, -0.1) is 0 Å². The van der Waals surface area contributed by atoms with Gasteiger partial charge in [-0.3, -0.25) is 24.1 Å². The Kier molecular flexibility index (Phi) is 6.28. The van der Waals surface area contributed by atoms with Crippen molar-refractivity contribution in [1.29, 1.82) is 0 Å². The van der Waals surface area contributed by atoms with Gasteiger partial charge in [0, 0.05) is 0 Å². The van der Waals surface area contributed by atoms with Crippen molar-refractivity contribution < 1.29 is 28.7 Å². The molecule has 0 spiro atoms. The number of hydrogen-bond acceptors (Lipinski definition) is 6. The molecule has 0 unspecified atom stereocenters. The van der Waals surface area contributed by atoms with Gasteiger partial charge in [-0.1, -0.05) is 25.0 Å². The van der Waals surface area contributed by atoms with Gasteiger partial charge in [-0.25, -0.2) is 0 Å². The van der Waals surface area contributed by atoms with Crippen molar-refractivity contribution in [3.8, 4) is 5.75 Å². The number of carbonyl (C=O) groups is 4. The first-order chi connectivity index (χ1) is 13.5. The molecular weight excluding hydrogens is 364 g/mol. The fourth-order valence-corrected chi connectivity index (χ4v) is 3.75. The Balaban J connectivity index is 1.50. The third-order valence-electron chi connectivity index (χ3n) is 5.04. The number of fused-ring (bicyclic) bond motifs is 1. The van der Waals surface area contributed by atoms with E-state index in [1.807, 2.05) is 6.92 Å². The summed E-state index contributed by atoms with van der Waals surface area (Å²) >= 11 is 0. The first kappa shape index (κ1) is 19.9. The number of nitrogens with one attached hydrogen (secondary N) is 1. The van der Waals surface area contributed by atoms with Crippen molar-refractivity contribution in [3.63, 3.8) is 0 Å². The standard InChI is InChI=1S/C20H24N2O6/c1-2-27-16-10-6-5-9-15(16)21-17(23)12-28-18(24)11-22-19(25)13-7-3-4-8-14(13)20(22)26/h5-6,9-10,13-14H,2-4,7-8,11-12H2,1H3,(H,21,23)/t13-,14-/m1/s1. The maximum Gasteiger partial charge on any atom is 0.326 e. The molecule has 0 radical (unpaired) electrons. The summed E-state index contributed by atoms with van der Waals surface area (Å²) in [5, 5.41) is 2.61. The summed E-state index contributed by atoms with van der Waals surface area (Å²) in [6.07, 6.45) is 3.20. The lowest BCUT2D eigenvalue weighted by Gasteiger charge is -2.19. The summed E-state index contributed by atoms with van der Waals surface area (Å²) in [6.45, 7) is 1.31. The number of anilines is 1. The van der Waals surface area contributed by atoms with E-state index in [4.69, 9.17) is 9.47 Å². The second-order valence-corrected chi connectivity index (χ2v) is 6.90. The van der Waals surface area contributed by atoms with Crippen molar-refractivity contribution in [3.05, 3.63) is 24.3 Å². The summed E-state index contributed by atoms with van der Waals surface area (Å²) in [5.41, 5.74) is 0.472. The van der Waals surface area contributed by atoms with Crippen molar-refractivity contribution in [2.24, 2.45) is 11.8 Å². The van der Waals surface area contributed by atoms with Gasteiger partial charge in [0.15, 0.2) is 6.61 Å². The average molecular weight is 388 g/mol. The highest BCUT2D eigenvalue weighted by Gasteiger charge is 2.48. The fourth-order valence-electron chi connectivity index (χ4n) is 3.75. The van der Waals surface area contributed by atoms with Crippen LogP contribution in [0.5, 0.6) is 5.75 Å². The minimum atomic E-state index is -0.784. The van der Waals surface area contributed by atoms with Gasteiger partial charge in [0.2, 0.25) is 11.8 Å². The van der Waals surface area contributed by atoms with Crippen molar-refractivity contribution in [1.82, 2.24) is 4.90 Å². The molecule has 150 valence electrons. The van der Waals surface area contributed by atoms with E-state index >= 15 is 0 Å². The van der Waals surface area contributed by atoms with Crippen LogP contribution in [0.2, 0.25) is 0 Å². The van der Waals surface area contributed by atoms with E-state index in [9.17, 15) is 19.2 Å². The van der Waals surface area contributed by atoms with Gasteiger partial charge < -0.3 is 14.8 Å². The highest BCUT2D eigenvalue weighted by atomic mass is 16.5. The number of imide groups is 1. The third-order valence-corrected chi connectivity index (χ3v) is 5.04. The molecule has 8 heteroatoms. The lowest BCUT2D eigenvalue weighted by atomic mass is 9.81. The van der Waals surface area contributed by atoms with E-state index in [-0.39, 0.29) is 23.7 Å². The van der Waals surface area contributed by atoms with Crippen LogP contribution < -0.4 is 10.1 Å². The van der Waals surface area contributed by atoms with E-state index in [0.29, 0.717) is 30.9 Å². The van der Waals surface area contributed by atoms with Crippen LogP contribution in [0, 0.1) is 11.8 Å². The Morgan fingerprint density at radius 3 is 2.39 bits per heavy atom. The molecule has 1 aliphatic carbocycles.